The van der Waals surface area contributed by atoms with Crippen LogP contribution < -0.4 is 10.2 Å². The minimum absolute atomic E-state index is 0.0707. The summed E-state index contributed by atoms with van der Waals surface area (Å²) in [7, 11) is 0. The summed E-state index contributed by atoms with van der Waals surface area (Å²) < 4.78 is 31.3. The fourth-order valence-electron chi connectivity index (χ4n) is 1.67. The number of benzene rings is 2. The SMILES string of the molecule is Cc1cccc(OCC(=O)N/N=C\c2ccc(F)cc2F)c1. The molecule has 6 heteroatoms. The standard InChI is InChI=1S/C16H14F2N2O2/c1-11-3-2-4-14(7-11)22-10-16(21)20-19-9-12-5-6-13(17)8-15(12)18/h2-9H,10H2,1H3,(H,20,21)/b19-9-. The molecule has 4 nitrogen and oxygen atoms in total. The summed E-state index contributed by atoms with van der Waals surface area (Å²) in [5.74, 6) is -1.34. The quantitative estimate of drug-likeness (QED) is 0.682. The average Bonchev–Trinajstić information content (AvgIpc) is 2.47. The molecule has 0 aliphatic rings. The molecule has 1 N–H and O–H groups in total. The Labute approximate surface area is 126 Å². The Kier molecular flexibility index (Phi) is 5.19. The predicted octanol–water partition coefficient (Wildman–Crippen LogP) is 2.80. The van der Waals surface area contributed by atoms with Crippen molar-refractivity contribution in [3.05, 3.63) is 65.2 Å². The lowest BCUT2D eigenvalue weighted by Gasteiger charge is -2.05. The lowest BCUT2D eigenvalue weighted by atomic mass is 10.2. The van der Waals surface area contributed by atoms with Crippen LogP contribution in [0.3, 0.4) is 0 Å². The van der Waals surface area contributed by atoms with Gasteiger partial charge in [0.05, 0.1) is 6.21 Å². The molecule has 1 amide bonds. The number of carbonyl (C=O) groups excluding carboxylic acids is 1. The van der Waals surface area contributed by atoms with Gasteiger partial charge in [0, 0.05) is 11.6 Å². The lowest BCUT2D eigenvalue weighted by molar-refractivity contribution is -0.123. The van der Waals surface area contributed by atoms with Crippen LogP contribution in [0, 0.1) is 18.6 Å². The number of hydrogen-bond donors (Lipinski definition) is 1. The normalized spacial score (nSPS) is 10.7. The van der Waals surface area contributed by atoms with Gasteiger partial charge >= 0.3 is 0 Å². The number of nitrogens with zero attached hydrogens (tertiary/aromatic N) is 1. The van der Waals surface area contributed by atoms with Crippen molar-refractivity contribution in [3.8, 4) is 5.75 Å². The number of carbonyl (C=O) groups is 1. The smallest absolute Gasteiger partial charge is 0.277 e. The second-order valence-corrected chi connectivity index (χ2v) is 4.56. The number of halogens is 2. The summed E-state index contributed by atoms with van der Waals surface area (Å²) in [4.78, 5) is 11.5. The molecule has 2 rings (SSSR count). The second kappa shape index (κ2) is 7.31. The molecule has 0 aliphatic carbocycles. The number of nitrogens with one attached hydrogen (secondary N) is 1. The highest BCUT2D eigenvalue weighted by Crippen LogP contribution is 2.11. The van der Waals surface area contributed by atoms with Gasteiger partial charge in [0.1, 0.15) is 17.4 Å². The summed E-state index contributed by atoms with van der Waals surface area (Å²) in [6.45, 7) is 1.70. The molecule has 0 saturated carbocycles. The first-order valence-corrected chi connectivity index (χ1v) is 6.51. The molecule has 2 aromatic rings. The highest BCUT2D eigenvalue weighted by Gasteiger charge is 2.03. The summed E-state index contributed by atoms with van der Waals surface area (Å²) >= 11 is 0. The number of aryl methyl sites for hydroxylation is 1. The minimum atomic E-state index is -0.756. The van der Waals surface area contributed by atoms with E-state index in [4.69, 9.17) is 4.74 Å². The highest BCUT2D eigenvalue weighted by atomic mass is 19.1. The maximum Gasteiger partial charge on any atom is 0.277 e. The molecule has 0 aliphatic heterocycles. The van der Waals surface area contributed by atoms with E-state index >= 15 is 0 Å². The largest absolute Gasteiger partial charge is 0.484 e. The van der Waals surface area contributed by atoms with E-state index < -0.39 is 17.5 Å². The molecule has 114 valence electrons. The first kappa shape index (κ1) is 15.6. The van der Waals surface area contributed by atoms with Crippen molar-refractivity contribution < 1.29 is 18.3 Å². The molecule has 0 unspecified atom stereocenters. The number of amides is 1. The Hall–Kier alpha value is -2.76. The van der Waals surface area contributed by atoms with Crippen molar-refractivity contribution in [1.29, 1.82) is 0 Å². The fraction of sp³-hybridized carbons (Fsp3) is 0.125. The van der Waals surface area contributed by atoms with Crippen molar-refractivity contribution in [2.45, 2.75) is 6.92 Å². The van der Waals surface area contributed by atoms with Crippen molar-refractivity contribution in [2.24, 2.45) is 5.10 Å². The molecular formula is C16H14F2N2O2. The van der Waals surface area contributed by atoms with Gasteiger partial charge in [-0.05, 0) is 36.8 Å². The fourth-order valence-corrected chi connectivity index (χ4v) is 1.67. The van der Waals surface area contributed by atoms with Gasteiger partial charge in [-0.15, -0.1) is 0 Å². The van der Waals surface area contributed by atoms with Crippen LogP contribution in [0.5, 0.6) is 5.75 Å². The number of rotatable bonds is 5. The molecule has 0 radical (unpaired) electrons. The summed E-state index contributed by atoms with van der Waals surface area (Å²) in [5, 5.41) is 3.59. The lowest BCUT2D eigenvalue weighted by Crippen LogP contribution is -2.24. The highest BCUT2D eigenvalue weighted by molar-refractivity contribution is 5.83. The van der Waals surface area contributed by atoms with Crippen LogP contribution in [0.15, 0.2) is 47.6 Å². The van der Waals surface area contributed by atoms with Crippen molar-refractivity contribution >= 4 is 12.1 Å². The maximum atomic E-state index is 13.3. The Morgan fingerprint density at radius 3 is 2.82 bits per heavy atom. The van der Waals surface area contributed by atoms with Crippen LogP contribution in [-0.2, 0) is 4.79 Å². The Morgan fingerprint density at radius 1 is 1.27 bits per heavy atom. The topological polar surface area (TPSA) is 50.7 Å². The predicted molar refractivity (Wildman–Crippen MR) is 78.8 cm³/mol. The first-order chi connectivity index (χ1) is 10.5. The number of ether oxygens (including phenoxy) is 1. The minimum Gasteiger partial charge on any atom is -0.484 e. The molecular weight excluding hydrogens is 290 g/mol. The zero-order chi connectivity index (χ0) is 15.9. The van der Waals surface area contributed by atoms with Crippen LogP contribution >= 0.6 is 0 Å². The van der Waals surface area contributed by atoms with E-state index in [1.54, 1.807) is 12.1 Å². The van der Waals surface area contributed by atoms with Gasteiger partial charge in [0.25, 0.3) is 5.91 Å². The zero-order valence-corrected chi connectivity index (χ0v) is 11.8. The monoisotopic (exact) mass is 304 g/mol. The average molecular weight is 304 g/mol. The Morgan fingerprint density at radius 2 is 2.09 bits per heavy atom. The van der Waals surface area contributed by atoms with Crippen LogP contribution in [0.4, 0.5) is 8.78 Å². The molecule has 0 aromatic heterocycles. The van der Waals surface area contributed by atoms with Gasteiger partial charge in [-0.1, -0.05) is 12.1 Å². The zero-order valence-electron chi connectivity index (χ0n) is 11.8. The van der Waals surface area contributed by atoms with Gasteiger partial charge in [-0.2, -0.15) is 5.10 Å². The van der Waals surface area contributed by atoms with E-state index in [-0.39, 0.29) is 12.2 Å². The van der Waals surface area contributed by atoms with E-state index in [1.165, 1.54) is 6.07 Å². The van der Waals surface area contributed by atoms with Crippen molar-refractivity contribution in [3.63, 3.8) is 0 Å². The van der Waals surface area contributed by atoms with Gasteiger partial charge in [0.2, 0.25) is 0 Å². The number of hydrogen-bond acceptors (Lipinski definition) is 3. The molecule has 0 heterocycles. The van der Waals surface area contributed by atoms with Crippen LogP contribution in [0.2, 0.25) is 0 Å². The van der Waals surface area contributed by atoms with E-state index in [9.17, 15) is 13.6 Å². The first-order valence-electron chi connectivity index (χ1n) is 6.51. The number of hydrazone groups is 1. The maximum absolute atomic E-state index is 13.3. The molecule has 2 aromatic carbocycles. The molecule has 0 atom stereocenters. The molecule has 0 saturated heterocycles. The van der Waals surface area contributed by atoms with Gasteiger partial charge in [-0.25, -0.2) is 14.2 Å². The van der Waals surface area contributed by atoms with Crippen LogP contribution in [0.1, 0.15) is 11.1 Å². The summed E-state index contributed by atoms with van der Waals surface area (Å²) in [5.41, 5.74) is 3.29. The Balaban J connectivity index is 1.83. The third-order valence-corrected chi connectivity index (χ3v) is 2.71. The van der Waals surface area contributed by atoms with Crippen LogP contribution in [-0.4, -0.2) is 18.7 Å². The van der Waals surface area contributed by atoms with E-state index in [0.717, 1.165) is 23.9 Å². The molecule has 22 heavy (non-hydrogen) atoms. The van der Waals surface area contributed by atoms with Gasteiger partial charge in [0.15, 0.2) is 6.61 Å². The molecule has 0 fully saturated rings. The summed E-state index contributed by atoms with van der Waals surface area (Å²) in [6.07, 6.45) is 1.10. The van der Waals surface area contributed by atoms with Gasteiger partial charge < -0.3 is 4.74 Å². The Bertz CT molecular complexity index is 702. The van der Waals surface area contributed by atoms with E-state index in [0.29, 0.717) is 5.75 Å². The van der Waals surface area contributed by atoms with Crippen LogP contribution in [0.25, 0.3) is 0 Å². The third kappa shape index (κ3) is 4.66. The van der Waals surface area contributed by atoms with Crippen molar-refractivity contribution in [1.82, 2.24) is 5.43 Å². The molecule has 0 spiro atoms. The molecule has 0 bridgehead atoms. The van der Waals surface area contributed by atoms with Crippen molar-refractivity contribution in [2.75, 3.05) is 6.61 Å². The van der Waals surface area contributed by atoms with E-state index in [2.05, 4.69) is 10.5 Å². The second-order valence-electron chi connectivity index (χ2n) is 4.56. The summed E-state index contributed by atoms with van der Waals surface area (Å²) in [6, 6.07) is 10.3. The van der Waals surface area contributed by atoms with E-state index in [1.807, 2.05) is 19.1 Å². The van der Waals surface area contributed by atoms with Gasteiger partial charge in [-0.3, -0.25) is 4.79 Å². The third-order valence-electron chi connectivity index (χ3n) is 2.71.